The molecule has 1 saturated heterocycles. The van der Waals surface area contributed by atoms with Crippen LogP contribution in [-0.4, -0.2) is 42.3 Å². The molecule has 2 rings (SSSR count). The van der Waals surface area contributed by atoms with Crippen molar-refractivity contribution in [2.24, 2.45) is 11.8 Å². The highest BCUT2D eigenvalue weighted by atomic mass is 16.5. The van der Waals surface area contributed by atoms with Crippen LogP contribution in [0.2, 0.25) is 0 Å². The molecule has 0 spiro atoms. The van der Waals surface area contributed by atoms with Gasteiger partial charge < -0.3 is 14.8 Å². The average molecular weight is 263 g/mol. The van der Waals surface area contributed by atoms with E-state index < -0.39 is 7.12 Å². The molecule has 0 aromatic heterocycles. The van der Waals surface area contributed by atoms with Crippen molar-refractivity contribution in [3.8, 4) is 5.75 Å². The first kappa shape index (κ1) is 14.4. The lowest BCUT2D eigenvalue weighted by molar-refractivity contribution is 0.316. The van der Waals surface area contributed by atoms with E-state index in [1.807, 2.05) is 12.1 Å². The van der Waals surface area contributed by atoms with Gasteiger partial charge in [0.05, 0.1) is 7.11 Å². The van der Waals surface area contributed by atoms with Crippen molar-refractivity contribution in [2.45, 2.75) is 20.4 Å². The Morgan fingerprint density at radius 1 is 1.26 bits per heavy atom. The van der Waals surface area contributed by atoms with Crippen LogP contribution in [0, 0.1) is 11.8 Å². The van der Waals surface area contributed by atoms with Crippen molar-refractivity contribution in [3.63, 3.8) is 0 Å². The van der Waals surface area contributed by atoms with E-state index in [4.69, 9.17) is 4.74 Å². The second kappa shape index (κ2) is 5.95. The van der Waals surface area contributed by atoms with Crippen molar-refractivity contribution < 1.29 is 14.8 Å². The normalized spacial score (nSPS) is 23.6. The monoisotopic (exact) mass is 263 g/mol. The number of benzene rings is 1. The number of methoxy groups -OCH3 is 1. The molecule has 19 heavy (non-hydrogen) atoms. The summed E-state index contributed by atoms with van der Waals surface area (Å²) in [5, 5.41) is 18.7. The first-order valence-electron chi connectivity index (χ1n) is 6.76. The Bertz CT molecular complexity index is 429. The van der Waals surface area contributed by atoms with Crippen LogP contribution in [0.5, 0.6) is 5.75 Å². The van der Waals surface area contributed by atoms with Crippen LogP contribution >= 0.6 is 0 Å². The molecule has 1 aliphatic heterocycles. The van der Waals surface area contributed by atoms with Gasteiger partial charge >= 0.3 is 7.12 Å². The van der Waals surface area contributed by atoms with Gasteiger partial charge in [-0.2, -0.15) is 0 Å². The fourth-order valence-electron chi connectivity index (χ4n) is 2.72. The minimum absolute atomic E-state index is 0.431. The van der Waals surface area contributed by atoms with Crippen molar-refractivity contribution in [1.82, 2.24) is 4.90 Å². The van der Waals surface area contributed by atoms with E-state index in [1.54, 1.807) is 6.07 Å². The number of ether oxygens (including phenoxy) is 1. The summed E-state index contributed by atoms with van der Waals surface area (Å²) in [5.74, 6) is 1.96. The molecule has 2 atom stereocenters. The van der Waals surface area contributed by atoms with Crippen LogP contribution in [0.25, 0.3) is 0 Å². The van der Waals surface area contributed by atoms with E-state index in [-0.39, 0.29) is 0 Å². The Morgan fingerprint density at radius 2 is 1.89 bits per heavy atom. The Morgan fingerprint density at radius 3 is 2.42 bits per heavy atom. The van der Waals surface area contributed by atoms with Gasteiger partial charge in [0.2, 0.25) is 0 Å². The maximum Gasteiger partial charge on any atom is 0.492 e. The number of nitrogens with zero attached hydrogens (tertiary/aromatic N) is 1. The fourth-order valence-corrected chi connectivity index (χ4v) is 2.72. The number of hydrogen-bond donors (Lipinski definition) is 2. The lowest BCUT2D eigenvalue weighted by atomic mass is 9.78. The molecule has 2 N–H and O–H groups in total. The Kier molecular flexibility index (Phi) is 4.50. The second-order valence-corrected chi connectivity index (χ2v) is 5.60. The maximum absolute atomic E-state index is 9.37. The van der Waals surface area contributed by atoms with Crippen LogP contribution in [-0.2, 0) is 6.54 Å². The molecule has 1 aromatic rings. The zero-order valence-electron chi connectivity index (χ0n) is 11.8. The Hall–Kier alpha value is -1.04. The topological polar surface area (TPSA) is 52.9 Å². The number of rotatable bonds is 4. The zero-order valence-corrected chi connectivity index (χ0v) is 11.8. The van der Waals surface area contributed by atoms with Gasteiger partial charge in [-0.3, -0.25) is 4.90 Å². The van der Waals surface area contributed by atoms with Crippen molar-refractivity contribution in [2.75, 3.05) is 20.2 Å². The largest absolute Gasteiger partial charge is 0.497 e. The van der Waals surface area contributed by atoms with Crippen LogP contribution in [0.1, 0.15) is 19.4 Å². The molecule has 1 fully saturated rings. The van der Waals surface area contributed by atoms with E-state index in [2.05, 4.69) is 18.7 Å². The molecular formula is C14H22BNO3. The zero-order chi connectivity index (χ0) is 14.0. The molecule has 0 amide bonds. The summed E-state index contributed by atoms with van der Waals surface area (Å²) in [6, 6.07) is 5.60. The van der Waals surface area contributed by atoms with Gasteiger partial charge in [0.15, 0.2) is 0 Å². The third kappa shape index (κ3) is 3.29. The van der Waals surface area contributed by atoms with Crippen LogP contribution in [0.15, 0.2) is 18.2 Å². The Balaban J connectivity index is 2.11. The molecule has 0 aliphatic carbocycles. The smallest absolute Gasteiger partial charge is 0.492 e. The Labute approximate surface area is 115 Å². The van der Waals surface area contributed by atoms with Gasteiger partial charge in [0.1, 0.15) is 5.75 Å². The quantitative estimate of drug-likeness (QED) is 0.775. The average Bonchev–Trinajstić information content (AvgIpc) is 2.68. The molecule has 1 heterocycles. The summed E-state index contributed by atoms with van der Waals surface area (Å²) in [6.07, 6.45) is 0. The van der Waals surface area contributed by atoms with Gasteiger partial charge in [-0.25, -0.2) is 0 Å². The number of hydrogen-bond acceptors (Lipinski definition) is 4. The molecule has 1 aromatic carbocycles. The van der Waals surface area contributed by atoms with E-state index in [0.29, 0.717) is 11.2 Å². The predicted molar refractivity (Wildman–Crippen MR) is 76.4 cm³/mol. The number of likely N-dealkylation sites (tertiary alicyclic amines) is 1. The highest BCUT2D eigenvalue weighted by Gasteiger charge is 2.26. The first-order valence-corrected chi connectivity index (χ1v) is 6.76. The van der Waals surface area contributed by atoms with Crippen molar-refractivity contribution >= 4 is 12.6 Å². The highest BCUT2D eigenvalue weighted by Crippen LogP contribution is 2.24. The summed E-state index contributed by atoms with van der Waals surface area (Å²) in [5.41, 5.74) is 1.52. The van der Waals surface area contributed by atoms with Crippen molar-refractivity contribution in [3.05, 3.63) is 23.8 Å². The van der Waals surface area contributed by atoms with E-state index >= 15 is 0 Å². The minimum atomic E-state index is -1.49. The molecule has 5 heteroatoms. The van der Waals surface area contributed by atoms with E-state index in [1.165, 1.54) is 7.11 Å². The third-order valence-electron chi connectivity index (χ3n) is 4.04. The summed E-state index contributed by atoms with van der Waals surface area (Å²) in [4.78, 5) is 2.41. The fraction of sp³-hybridized carbons (Fsp3) is 0.571. The molecule has 4 nitrogen and oxygen atoms in total. The molecule has 0 saturated carbocycles. The molecule has 104 valence electrons. The molecule has 2 unspecified atom stereocenters. The van der Waals surface area contributed by atoms with Gasteiger partial charge in [-0.1, -0.05) is 26.0 Å². The first-order chi connectivity index (χ1) is 9.01. The van der Waals surface area contributed by atoms with E-state index in [0.717, 1.165) is 37.0 Å². The lowest BCUT2D eigenvalue weighted by Crippen LogP contribution is -2.32. The summed E-state index contributed by atoms with van der Waals surface area (Å²) < 4.78 is 5.13. The SMILES string of the molecule is COc1ccc(CN2CC(C)C(C)C2)cc1B(O)O. The summed E-state index contributed by atoms with van der Waals surface area (Å²) in [7, 11) is 0.0383. The highest BCUT2D eigenvalue weighted by molar-refractivity contribution is 6.59. The molecule has 1 aliphatic rings. The molecule has 0 bridgehead atoms. The van der Waals surface area contributed by atoms with Crippen LogP contribution in [0.3, 0.4) is 0 Å². The summed E-state index contributed by atoms with van der Waals surface area (Å²) >= 11 is 0. The summed E-state index contributed by atoms with van der Waals surface area (Å²) in [6.45, 7) is 7.61. The van der Waals surface area contributed by atoms with Gasteiger partial charge in [-0.15, -0.1) is 0 Å². The van der Waals surface area contributed by atoms with Gasteiger partial charge in [0.25, 0.3) is 0 Å². The third-order valence-corrected chi connectivity index (χ3v) is 4.04. The molecular weight excluding hydrogens is 241 g/mol. The van der Waals surface area contributed by atoms with Crippen LogP contribution < -0.4 is 10.2 Å². The van der Waals surface area contributed by atoms with Crippen molar-refractivity contribution in [1.29, 1.82) is 0 Å². The maximum atomic E-state index is 9.37. The minimum Gasteiger partial charge on any atom is -0.497 e. The molecule has 0 radical (unpaired) electrons. The van der Waals surface area contributed by atoms with Gasteiger partial charge in [0, 0.05) is 25.1 Å². The van der Waals surface area contributed by atoms with Crippen LogP contribution in [0.4, 0.5) is 0 Å². The van der Waals surface area contributed by atoms with Gasteiger partial charge in [-0.05, 0) is 23.5 Å². The predicted octanol–water partition coefficient (Wildman–Crippen LogP) is 0.463. The lowest BCUT2D eigenvalue weighted by Gasteiger charge is -2.17. The second-order valence-electron chi connectivity index (χ2n) is 5.60. The van der Waals surface area contributed by atoms with E-state index in [9.17, 15) is 10.0 Å². The standard InChI is InChI=1S/C14H22BNO3/c1-10-7-16(8-11(10)2)9-12-4-5-14(19-3)13(6-12)15(17)18/h4-6,10-11,17-18H,7-9H2,1-3H3.